The summed E-state index contributed by atoms with van der Waals surface area (Å²) in [6.45, 7) is 5.53. The van der Waals surface area contributed by atoms with Crippen LogP contribution in [0.3, 0.4) is 0 Å². The number of rotatable bonds is 2. The quantitative estimate of drug-likeness (QED) is 0.778. The number of halogens is 2. The number of hydrogen-bond acceptors (Lipinski definition) is 3. The summed E-state index contributed by atoms with van der Waals surface area (Å²) in [6, 6.07) is 8.82. The molecule has 26 heavy (non-hydrogen) atoms. The first-order valence-electron chi connectivity index (χ1n) is 8.62. The number of fused-ring (bicyclic) bond motifs is 1. The molecule has 6 heteroatoms. The van der Waals surface area contributed by atoms with Crippen molar-refractivity contribution in [3.8, 4) is 5.75 Å². The van der Waals surface area contributed by atoms with Gasteiger partial charge in [-0.15, -0.1) is 0 Å². The maximum atomic E-state index is 12.0. The van der Waals surface area contributed by atoms with E-state index in [2.05, 4.69) is 10.2 Å². The molecule has 4 nitrogen and oxygen atoms in total. The molecule has 0 bridgehead atoms. The Labute approximate surface area is 164 Å². The number of carbonyl (C=O) groups excluding carboxylic acids is 1. The minimum Gasteiger partial charge on any atom is -0.507 e. The van der Waals surface area contributed by atoms with Crippen LogP contribution in [0.5, 0.6) is 5.75 Å². The Morgan fingerprint density at radius 3 is 2.58 bits per heavy atom. The Morgan fingerprint density at radius 2 is 1.92 bits per heavy atom. The van der Waals surface area contributed by atoms with E-state index in [1.54, 1.807) is 18.2 Å². The molecule has 0 spiro atoms. The Morgan fingerprint density at radius 1 is 1.23 bits per heavy atom. The lowest BCUT2D eigenvalue weighted by Gasteiger charge is -2.33. The lowest BCUT2D eigenvalue weighted by molar-refractivity contribution is 0.0960. The Kier molecular flexibility index (Phi) is 6.93. The maximum absolute atomic E-state index is 12.0. The van der Waals surface area contributed by atoms with Crippen LogP contribution in [0, 0.1) is 0 Å². The maximum Gasteiger partial charge on any atom is 0.254 e. The van der Waals surface area contributed by atoms with E-state index in [0.717, 1.165) is 29.8 Å². The average molecular weight is 395 g/mol. The van der Waals surface area contributed by atoms with Gasteiger partial charge in [0.25, 0.3) is 5.91 Å². The van der Waals surface area contributed by atoms with E-state index in [1.807, 2.05) is 33.0 Å². The molecule has 2 aromatic carbocycles. The van der Waals surface area contributed by atoms with Crippen LogP contribution in [0.15, 0.2) is 30.3 Å². The van der Waals surface area contributed by atoms with Gasteiger partial charge in [-0.2, -0.15) is 0 Å². The van der Waals surface area contributed by atoms with Gasteiger partial charge in [0.1, 0.15) is 5.75 Å². The van der Waals surface area contributed by atoms with Gasteiger partial charge in [0, 0.05) is 36.1 Å². The fourth-order valence-electron chi connectivity index (χ4n) is 3.22. The van der Waals surface area contributed by atoms with Gasteiger partial charge in [0.2, 0.25) is 0 Å². The third-order valence-electron chi connectivity index (χ3n) is 4.39. The summed E-state index contributed by atoms with van der Waals surface area (Å²) in [6.07, 6.45) is 0. The highest BCUT2D eigenvalue weighted by molar-refractivity contribution is 6.35. The molecule has 2 aromatic rings. The van der Waals surface area contributed by atoms with Crippen molar-refractivity contribution in [1.82, 2.24) is 10.2 Å². The van der Waals surface area contributed by atoms with E-state index in [9.17, 15) is 9.90 Å². The molecule has 1 atom stereocenters. The summed E-state index contributed by atoms with van der Waals surface area (Å²) >= 11 is 12.6. The van der Waals surface area contributed by atoms with Crippen molar-refractivity contribution in [2.75, 3.05) is 20.6 Å². The molecule has 0 aliphatic carbocycles. The molecule has 1 aliphatic heterocycles. The van der Waals surface area contributed by atoms with Gasteiger partial charge in [-0.05, 0) is 48.0 Å². The van der Waals surface area contributed by atoms with E-state index in [-0.39, 0.29) is 23.1 Å². The largest absolute Gasteiger partial charge is 0.507 e. The van der Waals surface area contributed by atoms with Crippen LogP contribution in [-0.2, 0) is 6.54 Å². The number of nitrogens with zero attached hydrogens (tertiary/aromatic N) is 1. The zero-order valence-electron chi connectivity index (χ0n) is 15.4. The van der Waals surface area contributed by atoms with E-state index in [1.165, 1.54) is 7.05 Å². The summed E-state index contributed by atoms with van der Waals surface area (Å²) in [7, 11) is 3.57. The molecule has 140 valence electrons. The highest BCUT2D eigenvalue weighted by Crippen LogP contribution is 2.39. The van der Waals surface area contributed by atoms with Crippen LogP contribution in [-0.4, -0.2) is 36.6 Å². The molecule has 0 saturated carbocycles. The predicted octanol–water partition coefficient (Wildman–Crippen LogP) is 4.66. The number of amides is 1. The van der Waals surface area contributed by atoms with E-state index in [4.69, 9.17) is 23.2 Å². The zero-order valence-corrected chi connectivity index (χ0v) is 16.9. The highest BCUT2D eigenvalue weighted by Gasteiger charge is 2.28. The summed E-state index contributed by atoms with van der Waals surface area (Å²) in [5.74, 6) is -0.326. The van der Waals surface area contributed by atoms with Crippen LogP contribution in [0.1, 0.15) is 46.8 Å². The first-order chi connectivity index (χ1) is 12.4. The lowest BCUT2D eigenvalue weighted by atomic mass is 9.84. The average Bonchev–Trinajstić information content (AvgIpc) is 2.63. The molecular formula is C20H24Cl2N2O2. The SMILES string of the molecule is CC.CNC(=O)c1cc(C2CN(C)Cc3c(Cl)cc(Cl)cc32)ccc1O. The van der Waals surface area contributed by atoms with Crippen molar-refractivity contribution in [3.63, 3.8) is 0 Å². The van der Waals surface area contributed by atoms with Crippen molar-refractivity contribution >= 4 is 29.1 Å². The van der Waals surface area contributed by atoms with Crippen LogP contribution in [0.2, 0.25) is 10.0 Å². The number of phenols is 1. The Bertz CT molecular complexity index is 809. The van der Waals surface area contributed by atoms with Gasteiger partial charge in [-0.3, -0.25) is 4.79 Å². The lowest BCUT2D eigenvalue weighted by Crippen LogP contribution is -2.31. The van der Waals surface area contributed by atoms with Crippen LogP contribution < -0.4 is 5.32 Å². The highest BCUT2D eigenvalue weighted by atomic mass is 35.5. The van der Waals surface area contributed by atoms with E-state index in [0.29, 0.717) is 10.0 Å². The van der Waals surface area contributed by atoms with Crippen molar-refractivity contribution in [1.29, 1.82) is 0 Å². The van der Waals surface area contributed by atoms with E-state index >= 15 is 0 Å². The minimum atomic E-state index is -0.317. The van der Waals surface area contributed by atoms with Gasteiger partial charge >= 0.3 is 0 Å². The molecule has 3 rings (SSSR count). The third-order valence-corrected chi connectivity index (χ3v) is 4.94. The van der Waals surface area contributed by atoms with Gasteiger partial charge in [0.15, 0.2) is 0 Å². The number of nitrogens with one attached hydrogen (secondary N) is 1. The van der Waals surface area contributed by atoms with Crippen LogP contribution in [0.25, 0.3) is 0 Å². The number of likely N-dealkylation sites (N-methyl/N-ethyl adjacent to an activating group) is 1. The fourth-order valence-corrected chi connectivity index (χ4v) is 3.79. The molecule has 2 N–H and O–H groups in total. The van der Waals surface area contributed by atoms with Crippen LogP contribution in [0.4, 0.5) is 0 Å². The zero-order chi connectivity index (χ0) is 19.4. The van der Waals surface area contributed by atoms with Crippen LogP contribution >= 0.6 is 23.2 Å². The number of aromatic hydroxyl groups is 1. The van der Waals surface area contributed by atoms with Crippen molar-refractivity contribution in [2.24, 2.45) is 0 Å². The minimum absolute atomic E-state index is 0.0268. The second kappa shape index (κ2) is 8.76. The second-order valence-electron chi connectivity index (χ2n) is 6.06. The number of phenolic OH excluding ortho intramolecular Hbond substituents is 1. The molecule has 1 amide bonds. The van der Waals surface area contributed by atoms with Gasteiger partial charge in [-0.25, -0.2) is 0 Å². The third kappa shape index (κ3) is 4.14. The number of benzene rings is 2. The smallest absolute Gasteiger partial charge is 0.254 e. The van der Waals surface area contributed by atoms with Crippen molar-refractivity contribution in [2.45, 2.75) is 26.3 Å². The molecule has 0 aromatic heterocycles. The Balaban J connectivity index is 0.00000117. The first-order valence-corrected chi connectivity index (χ1v) is 9.37. The molecule has 1 aliphatic rings. The first kappa shape index (κ1) is 20.6. The molecule has 0 saturated heterocycles. The molecule has 0 radical (unpaired) electrons. The van der Waals surface area contributed by atoms with Gasteiger partial charge in [0.05, 0.1) is 5.56 Å². The standard InChI is InChI=1S/C18H18Cl2N2O2.C2H6/c1-21-18(24)13-5-10(3-4-17(13)23)14-8-22(2)9-15-12(14)6-11(19)7-16(15)20;1-2/h3-7,14,23H,8-9H2,1-2H3,(H,21,24);1-2H3. The van der Waals surface area contributed by atoms with Crippen molar-refractivity contribution < 1.29 is 9.90 Å². The number of hydrogen-bond donors (Lipinski definition) is 2. The summed E-state index contributed by atoms with van der Waals surface area (Å²) < 4.78 is 0. The van der Waals surface area contributed by atoms with Gasteiger partial charge < -0.3 is 15.3 Å². The van der Waals surface area contributed by atoms with Crippen molar-refractivity contribution in [3.05, 3.63) is 62.6 Å². The summed E-state index contributed by atoms with van der Waals surface area (Å²) in [5, 5.41) is 13.8. The van der Waals surface area contributed by atoms with E-state index < -0.39 is 0 Å². The molecule has 0 fully saturated rings. The summed E-state index contributed by atoms with van der Waals surface area (Å²) in [5.41, 5.74) is 3.32. The monoisotopic (exact) mass is 394 g/mol. The number of carbonyl (C=O) groups is 1. The normalized spacial score (nSPS) is 16.3. The summed E-state index contributed by atoms with van der Waals surface area (Å²) in [4.78, 5) is 14.1. The van der Waals surface area contributed by atoms with Gasteiger partial charge in [-0.1, -0.05) is 43.1 Å². The topological polar surface area (TPSA) is 52.6 Å². The molecule has 1 heterocycles. The Hall–Kier alpha value is -1.75. The molecular weight excluding hydrogens is 371 g/mol. The predicted molar refractivity (Wildman–Crippen MR) is 107 cm³/mol. The fraction of sp³-hybridized carbons (Fsp3) is 0.350. The molecule has 1 unspecified atom stereocenters. The second-order valence-corrected chi connectivity index (χ2v) is 6.90.